The van der Waals surface area contributed by atoms with Crippen LogP contribution in [0, 0.1) is 17.0 Å². The topological polar surface area (TPSA) is 105 Å². The van der Waals surface area contributed by atoms with Gasteiger partial charge in [-0.05, 0) is 36.8 Å². The maximum Gasteiger partial charge on any atom is 0.420 e. The number of carbonyl (C=O) groups is 1. The number of benzene rings is 2. The third-order valence-electron chi connectivity index (χ3n) is 3.51. The predicted octanol–water partition coefficient (Wildman–Crippen LogP) is 3.07. The van der Waals surface area contributed by atoms with Crippen molar-refractivity contribution in [3.05, 3.63) is 67.6 Å². The second kappa shape index (κ2) is 6.40. The molecular formula is C16H11ClN2O6. The van der Waals surface area contributed by atoms with Gasteiger partial charge in [0.05, 0.1) is 16.5 Å². The SMILES string of the molecule is Cc1cc(Cl)ccc1OC(=O)Cn1c(=O)oc2cc([N+](=O)[O-])ccc21. The summed E-state index contributed by atoms with van der Waals surface area (Å²) in [5.74, 6) is -1.17. The molecule has 0 bridgehead atoms. The number of ether oxygens (including phenoxy) is 1. The van der Waals surface area contributed by atoms with Gasteiger partial charge in [-0.25, -0.2) is 9.59 Å². The fraction of sp³-hybridized carbons (Fsp3) is 0.125. The minimum Gasteiger partial charge on any atom is -0.425 e. The summed E-state index contributed by atoms with van der Waals surface area (Å²) in [6.45, 7) is 1.33. The van der Waals surface area contributed by atoms with Crippen LogP contribution >= 0.6 is 11.6 Å². The van der Waals surface area contributed by atoms with Gasteiger partial charge in [0.2, 0.25) is 0 Å². The Morgan fingerprint density at radius 3 is 2.76 bits per heavy atom. The Balaban J connectivity index is 1.87. The van der Waals surface area contributed by atoms with E-state index in [1.165, 1.54) is 12.1 Å². The highest BCUT2D eigenvalue weighted by Crippen LogP contribution is 2.23. The average Bonchev–Trinajstić information content (AvgIpc) is 2.85. The molecule has 0 fully saturated rings. The number of aromatic nitrogens is 1. The second-order valence-electron chi connectivity index (χ2n) is 5.25. The summed E-state index contributed by atoms with van der Waals surface area (Å²) in [6, 6.07) is 8.47. The molecule has 25 heavy (non-hydrogen) atoms. The van der Waals surface area contributed by atoms with Gasteiger partial charge in [-0.3, -0.25) is 14.7 Å². The van der Waals surface area contributed by atoms with Crippen molar-refractivity contribution < 1.29 is 18.9 Å². The number of halogens is 1. The van der Waals surface area contributed by atoms with E-state index < -0.39 is 23.2 Å². The monoisotopic (exact) mass is 362 g/mol. The number of non-ortho nitro benzene ring substituents is 1. The van der Waals surface area contributed by atoms with E-state index in [1.807, 2.05) is 0 Å². The molecule has 8 nitrogen and oxygen atoms in total. The van der Waals surface area contributed by atoms with Crippen LogP contribution in [0.4, 0.5) is 5.69 Å². The summed E-state index contributed by atoms with van der Waals surface area (Å²) >= 11 is 5.84. The first-order chi connectivity index (χ1) is 11.8. The average molecular weight is 363 g/mol. The molecular weight excluding hydrogens is 352 g/mol. The number of hydrogen-bond acceptors (Lipinski definition) is 6. The first kappa shape index (κ1) is 16.7. The molecule has 3 rings (SSSR count). The molecule has 128 valence electrons. The van der Waals surface area contributed by atoms with Crippen LogP contribution in [-0.2, 0) is 11.3 Å². The molecule has 0 spiro atoms. The van der Waals surface area contributed by atoms with Gasteiger partial charge in [-0.15, -0.1) is 0 Å². The number of aryl methyl sites for hydroxylation is 1. The number of oxazole rings is 1. The standard InChI is InChI=1S/C16H11ClN2O6/c1-9-6-10(17)2-5-13(9)24-15(20)8-18-12-4-3-11(19(22)23)7-14(12)25-16(18)21/h2-7H,8H2,1H3. The molecule has 1 aromatic heterocycles. The van der Waals surface area contributed by atoms with E-state index in [-0.39, 0.29) is 16.8 Å². The highest BCUT2D eigenvalue weighted by molar-refractivity contribution is 6.30. The molecule has 1 heterocycles. The highest BCUT2D eigenvalue weighted by atomic mass is 35.5. The summed E-state index contributed by atoms with van der Waals surface area (Å²) in [7, 11) is 0. The van der Waals surface area contributed by atoms with Crippen LogP contribution in [0.2, 0.25) is 5.02 Å². The lowest BCUT2D eigenvalue weighted by Gasteiger charge is -2.07. The number of esters is 1. The Bertz CT molecular complexity index is 1050. The van der Waals surface area contributed by atoms with E-state index in [9.17, 15) is 19.7 Å². The summed E-state index contributed by atoms with van der Waals surface area (Å²) in [5, 5.41) is 11.3. The van der Waals surface area contributed by atoms with Crippen LogP contribution in [0.15, 0.2) is 45.6 Å². The minimum absolute atomic E-state index is 0.0228. The van der Waals surface area contributed by atoms with Crippen molar-refractivity contribution in [2.45, 2.75) is 13.5 Å². The Morgan fingerprint density at radius 1 is 1.32 bits per heavy atom. The molecule has 0 radical (unpaired) electrons. The number of hydrogen-bond donors (Lipinski definition) is 0. The summed E-state index contributed by atoms with van der Waals surface area (Å²) in [6.07, 6.45) is 0. The van der Waals surface area contributed by atoms with Crippen molar-refractivity contribution in [1.82, 2.24) is 4.57 Å². The second-order valence-corrected chi connectivity index (χ2v) is 5.68. The molecule has 0 amide bonds. The van der Waals surface area contributed by atoms with Crippen molar-refractivity contribution in [3.63, 3.8) is 0 Å². The van der Waals surface area contributed by atoms with E-state index >= 15 is 0 Å². The first-order valence-corrected chi connectivity index (χ1v) is 7.47. The molecule has 0 N–H and O–H groups in total. The summed E-state index contributed by atoms with van der Waals surface area (Å²) in [5.41, 5.74) is 0.740. The van der Waals surface area contributed by atoms with E-state index in [1.54, 1.807) is 25.1 Å². The van der Waals surface area contributed by atoms with Gasteiger partial charge in [0.1, 0.15) is 12.3 Å². The van der Waals surface area contributed by atoms with Crippen LogP contribution in [0.25, 0.3) is 11.1 Å². The maximum absolute atomic E-state index is 12.1. The van der Waals surface area contributed by atoms with Crippen LogP contribution in [0.3, 0.4) is 0 Å². The minimum atomic E-state index is -0.805. The lowest BCUT2D eigenvalue weighted by atomic mass is 10.2. The molecule has 3 aromatic rings. The Hall–Kier alpha value is -3.13. The highest BCUT2D eigenvalue weighted by Gasteiger charge is 2.17. The molecule has 0 saturated carbocycles. The van der Waals surface area contributed by atoms with Crippen molar-refractivity contribution in [3.8, 4) is 5.75 Å². The third-order valence-corrected chi connectivity index (χ3v) is 3.75. The molecule has 0 atom stereocenters. The van der Waals surface area contributed by atoms with E-state index in [4.69, 9.17) is 20.8 Å². The zero-order valence-corrected chi connectivity index (χ0v) is 13.6. The molecule has 9 heteroatoms. The van der Waals surface area contributed by atoms with E-state index in [0.29, 0.717) is 16.3 Å². The zero-order valence-electron chi connectivity index (χ0n) is 12.9. The number of rotatable bonds is 4. The summed E-state index contributed by atoms with van der Waals surface area (Å²) < 4.78 is 11.2. The quantitative estimate of drug-likeness (QED) is 0.306. The van der Waals surface area contributed by atoms with Crippen LogP contribution in [0.5, 0.6) is 5.75 Å². The Labute approximate surface area is 145 Å². The van der Waals surface area contributed by atoms with Gasteiger partial charge >= 0.3 is 11.7 Å². The van der Waals surface area contributed by atoms with Gasteiger partial charge in [-0.2, -0.15) is 0 Å². The smallest absolute Gasteiger partial charge is 0.420 e. The largest absolute Gasteiger partial charge is 0.425 e. The molecule has 0 aliphatic heterocycles. The van der Waals surface area contributed by atoms with Gasteiger partial charge in [-0.1, -0.05) is 11.6 Å². The van der Waals surface area contributed by atoms with Crippen molar-refractivity contribution in [1.29, 1.82) is 0 Å². The normalized spacial score (nSPS) is 10.8. The van der Waals surface area contributed by atoms with Crippen molar-refractivity contribution in [2.75, 3.05) is 0 Å². The number of fused-ring (bicyclic) bond motifs is 1. The predicted molar refractivity (Wildman–Crippen MR) is 89.0 cm³/mol. The van der Waals surface area contributed by atoms with Gasteiger partial charge < -0.3 is 9.15 Å². The number of nitro benzene ring substituents is 1. The zero-order chi connectivity index (χ0) is 18.1. The Kier molecular flexibility index (Phi) is 4.28. The van der Waals surface area contributed by atoms with Gasteiger partial charge in [0.25, 0.3) is 5.69 Å². The van der Waals surface area contributed by atoms with Crippen molar-refractivity contribution in [2.24, 2.45) is 0 Å². The first-order valence-electron chi connectivity index (χ1n) is 7.10. The van der Waals surface area contributed by atoms with Crippen LogP contribution in [-0.4, -0.2) is 15.5 Å². The molecule has 0 aliphatic carbocycles. The third kappa shape index (κ3) is 3.38. The van der Waals surface area contributed by atoms with Gasteiger partial charge in [0, 0.05) is 11.1 Å². The van der Waals surface area contributed by atoms with Crippen molar-refractivity contribution >= 4 is 34.4 Å². The molecule has 0 aliphatic rings. The van der Waals surface area contributed by atoms with Gasteiger partial charge in [0.15, 0.2) is 5.58 Å². The fourth-order valence-electron chi connectivity index (χ4n) is 2.33. The molecule has 2 aromatic carbocycles. The van der Waals surface area contributed by atoms with Crippen LogP contribution in [0.1, 0.15) is 5.56 Å². The van der Waals surface area contributed by atoms with E-state index in [2.05, 4.69) is 0 Å². The molecule has 0 saturated heterocycles. The lowest BCUT2D eigenvalue weighted by molar-refractivity contribution is -0.384. The molecule has 0 unspecified atom stereocenters. The number of nitro groups is 1. The fourth-order valence-corrected chi connectivity index (χ4v) is 2.56. The van der Waals surface area contributed by atoms with Crippen LogP contribution < -0.4 is 10.5 Å². The summed E-state index contributed by atoms with van der Waals surface area (Å²) in [4.78, 5) is 34.2. The lowest BCUT2D eigenvalue weighted by Crippen LogP contribution is -2.23. The number of nitrogens with zero attached hydrogens (tertiary/aromatic N) is 2. The number of carbonyl (C=O) groups excluding carboxylic acids is 1. The van der Waals surface area contributed by atoms with E-state index in [0.717, 1.165) is 10.6 Å². The Morgan fingerprint density at radius 2 is 2.08 bits per heavy atom. The maximum atomic E-state index is 12.1.